The van der Waals surface area contributed by atoms with Gasteiger partial charge in [0, 0.05) is 37.8 Å². The van der Waals surface area contributed by atoms with Crippen molar-refractivity contribution in [2.75, 3.05) is 26.8 Å². The van der Waals surface area contributed by atoms with E-state index < -0.39 is 0 Å². The Labute approximate surface area is 166 Å². The van der Waals surface area contributed by atoms with Crippen LogP contribution in [0.25, 0.3) is 11.5 Å². The molecule has 1 aromatic carbocycles. The molecule has 1 aliphatic rings. The Kier molecular flexibility index (Phi) is 5.39. The van der Waals surface area contributed by atoms with Crippen LogP contribution in [-0.2, 0) is 10.2 Å². The molecule has 9 heteroatoms. The largest absolute Gasteiger partial charge is 0.451 e. The number of rotatable bonds is 6. The van der Waals surface area contributed by atoms with E-state index in [2.05, 4.69) is 15.1 Å². The van der Waals surface area contributed by atoms with Crippen LogP contribution in [0.4, 0.5) is 4.39 Å². The topological polar surface area (TPSA) is 94.5 Å². The second-order valence-corrected chi connectivity index (χ2v) is 7.12. The summed E-state index contributed by atoms with van der Waals surface area (Å²) in [4.78, 5) is 22.8. The average molecular weight is 400 g/mol. The molecule has 0 N–H and O–H groups in total. The molecule has 0 spiro atoms. The van der Waals surface area contributed by atoms with Gasteiger partial charge in [0.15, 0.2) is 17.9 Å². The number of oxazole rings is 1. The SMILES string of the molecule is COCCC1(c2noc(-c3ccc(F)cc3)n2)CCN(C(=O)c2cocn2)CC1. The minimum absolute atomic E-state index is 0.154. The molecule has 0 atom stereocenters. The Balaban J connectivity index is 1.54. The third-order valence-electron chi connectivity index (χ3n) is 5.44. The number of nitrogens with zero attached hydrogens (tertiary/aromatic N) is 4. The van der Waals surface area contributed by atoms with E-state index in [1.807, 2.05) is 0 Å². The molecule has 152 valence electrons. The van der Waals surface area contributed by atoms with Crippen molar-refractivity contribution >= 4 is 5.91 Å². The van der Waals surface area contributed by atoms with Gasteiger partial charge in [-0.05, 0) is 43.5 Å². The number of hydrogen-bond acceptors (Lipinski definition) is 7. The van der Waals surface area contributed by atoms with Gasteiger partial charge in [0.05, 0.1) is 0 Å². The number of aromatic nitrogens is 3. The van der Waals surface area contributed by atoms with Crippen LogP contribution >= 0.6 is 0 Å². The van der Waals surface area contributed by atoms with Crippen molar-refractivity contribution in [3.8, 4) is 11.5 Å². The molecular formula is C20H21FN4O4. The fourth-order valence-electron chi connectivity index (χ4n) is 3.65. The molecule has 3 heterocycles. The molecule has 3 aromatic rings. The first kappa shape index (κ1) is 19.3. The second-order valence-electron chi connectivity index (χ2n) is 7.12. The third kappa shape index (κ3) is 3.91. The average Bonchev–Trinajstić information content (AvgIpc) is 3.45. The van der Waals surface area contributed by atoms with Gasteiger partial charge in [0.25, 0.3) is 11.8 Å². The monoisotopic (exact) mass is 400 g/mol. The smallest absolute Gasteiger partial charge is 0.275 e. The maximum absolute atomic E-state index is 13.2. The number of ether oxygens (including phenoxy) is 1. The highest BCUT2D eigenvalue weighted by Crippen LogP contribution is 2.38. The molecule has 1 fully saturated rings. The van der Waals surface area contributed by atoms with Gasteiger partial charge < -0.3 is 18.6 Å². The summed E-state index contributed by atoms with van der Waals surface area (Å²) in [5.74, 6) is 0.453. The minimum Gasteiger partial charge on any atom is -0.451 e. The molecule has 1 aliphatic heterocycles. The highest BCUT2D eigenvalue weighted by Gasteiger charge is 2.41. The van der Waals surface area contributed by atoms with Crippen LogP contribution in [0.15, 0.2) is 45.9 Å². The Morgan fingerprint density at radius 3 is 2.69 bits per heavy atom. The van der Waals surface area contributed by atoms with Crippen LogP contribution in [-0.4, -0.2) is 52.7 Å². The summed E-state index contributed by atoms with van der Waals surface area (Å²) < 4.78 is 28.8. The van der Waals surface area contributed by atoms with E-state index in [0.29, 0.717) is 61.9 Å². The van der Waals surface area contributed by atoms with E-state index in [1.54, 1.807) is 24.1 Å². The number of halogens is 1. The Morgan fingerprint density at radius 2 is 2.03 bits per heavy atom. The minimum atomic E-state index is -0.363. The quantitative estimate of drug-likeness (QED) is 0.627. The predicted octanol–water partition coefficient (Wildman–Crippen LogP) is 3.07. The van der Waals surface area contributed by atoms with Crippen molar-refractivity contribution in [1.29, 1.82) is 0 Å². The lowest BCUT2D eigenvalue weighted by Crippen LogP contribution is -2.46. The highest BCUT2D eigenvalue weighted by molar-refractivity contribution is 5.91. The van der Waals surface area contributed by atoms with E-state index in [9.17, 15) is 9.18 Å². The Hall–Kier alpha value is -3.07. The normalized spacial score (nSPS) is 16.1. The Bertz CT molecular complexity index is 947. The zero-order chi connectivity index (χ0) is 20.3. The van der Waals surface area contributed by atoms with Crippen LogP contribution in [0.3, 0.4) is 0 Å². The van der Waals surface area contributed by atoms with E-state index in [-0.39, 0.29) is 17.1 Å². The fourth-order valence-corrected chi connectivity index (χ4v) is 3.65. The number of methoxy groups -OCH3 is 1. The fraction of sp³-hybridized carbons (Fsp3) is 0.400. The molecule has 0 radical (unpaired) electrons. The van der Waals surface area contributed by atoms with Crippen molar-refractivity contribution in [2.24, 2.45) is 0 Å². The highest BCUT2D eigenvalue weighted by atomic mass is 19.1. The van der Waals surface area contributed by atoms with Crippen molar-refractivity contribution in [3.05, 3.63) is 54.3 Å². The number of likely N-dealkylation sites (tertiary alicyclic amines) is 1. The Morgan fingerprint density at radius 1 is 1.28 bits per heavy atom. The van der Waals surface area contributed by atoms with E-state index >= 15 is 0 Å². The standard InChI is InChI=1S/C20H21FN4O4/c1-27-11-8-20(6-9-25(10-7-20)18(26)16-12-28-13-22-16)19-23-17(29-24-19)14-2-4-15(21)5-3-14/h2-5,12-13H,6-11H2,1H3. The number of carbonyl (C=O) groups excluding carboxylic acids is 1. The lowest BCUT2D eigenvalue weighted by atomic mass is 9.75. The second kappa shape index (κ2) is 8.12. The lowest BCUT2D eigenvalue weighted by Gasteiger charge is -2.39. The number of piperidine rings is 1. The number of amides is 1. The van der Waals surface area contributed by atoms with Crippen molar-refractivity contribution in [1.82, 2.24) is 20.0 Å². The zero-order valence-electron chi connectivity index (χ0n) is 16.0. The van der Waals surface area contributed by atoms with Crippen LogP contribution in [0, 0.1) is 5.82 Å². The van der Waals surface area contributed by atoms with Gasteiger partial charge in [-0.1, -0.05) is 5.16 Å². The van der Waals surface area contributed by atoms with Gasteiger partial charge in [-0.15, -0.1) is 0 Å². The van der Waals surface area contributed by atoms with Gasteiger partial charge in [0.1, 0.15) is 12.1 Å². The summed E-state index contributed by atoms with van der Waals surface area (Å²) in [6.07, 6.45) is 4.64. The summed E-state index contributed by atoms with van der Waals surface area (Å²) in [5, 5.41) is 4.22. The number of carbonyl (C=O) groups is 1. The molecule has 2 aromatic heterocycles. The van der Waals surface area contributed by atoms with E-state index in [1.165, 1.54) is 24.8 Å². The summed E-state index contributed by atoms with van der Waals surface area (Å²) in [5.41, 5.74) is 0.594. The molecule has 4 rings (SSSR count). The summed E-state index contributed by atoms with van der Waals surface area (Å²) in [6, 6.07) is 5.92. The van der Waals surface area contributed by atoms with Crippen molar-refractivity contribution in [2.45, 2.75) is 24.7 Å². The van der Waals surface area contributed by atoms with E-state index in [4.69, 9.17) is 13.7 Å². The van der Waals surface area contributed by atoms with Crippen LogP contribution in [0.1, 0.15) is 35.6 Å². The first-order valence-electron chi connectivity index (χ1n) is 9.38. The molecule has 1 saturated heterocycles. The van der Waals surface area contributed by atoms with E-state index in [0.717, 1.165) is 0 Å². The predicted molar refractivity (Wildman–Crippen MR) is 99.5 cm³/mol. The van der Waals surface area contributed by atoms with Crippen LogP contribution in [0.2, 0.25) is 0 Å². The van der Waals surface area contributed by atoms with Crippen LogP contribution < -0.4 is 0 Å². The third-order valence-corrected chi connectivity index (χ3v) is 5.44. The maximum atomic E-state index is 13.2. The zero-order valence-corrected chi connectivity index (χ0v) is 16.0. The molecule has 8 nitrogen and oxygen atoms in total. The molecule has 29 heavy (non-hydrogen) atoms. The number of benzene rings is 1. The van der Waals surface area contributed by atoms with Gasteiger partial charge in [-0.25, -0.2) is 9.37 Å². The lowest BCUT2D eigenvalue weighted by molar-refractivity contribution is 0.0610. The first-order chi connectivity index (χ1) is 14.1. The first-order valence-corrected chi connectivity index (χ1v) is 9.38. The van der Waals surface area contributed by atoms with Gasteiger partial charge in [-0.2, -0.15) is 4.98 Å². The van der Waals surface area contributed by atoms with Gasteiger partial charge in [0.2, 0.25) is 0 Å². The summed E-state index contributed by atoms with van der Waals surface area (Å²) >= 11 is 0. The molecule has 0 saturated carbocycles. The van der Waals surface area contributed by atoms with Gasteiger partial charge in [-0.3, -0.25) is 4.79 Å². The molecule has 0 aliphatic carbocycles. The number of hydrogen-bond donors (Lipinski definition) is 0. The van der Waals surface area contributed by atoms with Gasteiger partial charge >= 0.3 is 0 Å². The molecule has 0 unspecified atom stereocenters. The molecule has 1 amide bonds. The van der Waals surface area contributed by atoms with Crippen molar-refractivity contribution in [3.63, 3.8) is 0 Å². The summed E-state index contributed by atoms with van der Waals surface area (Å²) in [7, 11) is 1.65. The molecular weight excluding hydrogens is 379 g/mol. The van der Waals surface area contributed by atoms with Crippen molar-refractivity contribution < 1.29 is 22.9 Å². The summed E-state index contributed by atoms with van der Waals surface area (Å²) in [6.45, 7) is 1.61. The van der Waals surface area contributed by atoms with Crippen LogP contribution in [0.5, 0.6) is 0 Å². The molecule has 0 bridgehead atoms. The maximum Gasteiger partial charge on any atom is 0.275 e.